The van der Waals surface area contributed by atoms with Crippen LogP contribution >= 0.6 is 24.8 Å². The van der Waals surface area contributed by atoms with Crippen molar-refractivity contribution in [3.63, 3.8) is 0 Å². The van der Waals surface area contributed by atoms with Gasteiger partial charge in [0.15, 0.2) is 0 Å². The summed E-state index contributed by atoms with van der Waals surface area (Å²) in [6, 6.07) is 17.3. The molecule has 186 valence electrons. The number of halogens is 2. The maximum atomic E-state index is 9.57. The van der Waals surface area contributed by atoms with Crippen LogP contribution in [0.1, 0.15) is 69.5 Å². The molecular formula is C28H39Cl2NO2Ti. The molecule has 3 aromatic rings. The van der Waals surface area contributed by atoms with Gasteiger partial charge in [-0.15, -0.1) is 24.8 Å². The van der Waals surface area contributed by atoms with Crippen LogP contribution in [0.15, 0.2) is 60.8 Å². The van der Waals surface area contributed by atoms with Crippen molar-refractivity contribution >= 4 is 29.1 Å². The number of aryl methyl sites for hydroxylation is 2. The number of phenols is 2. The van der Waals surface area contributed by atoms with Gasteiger partial charge >= 0.3 is 59.4 Å². The topological polar surface area (TPSA) is 53.4 Å². The number of aromatic nitrogens is 1. The Kier molecular flexibility index (Phi) is 15.6. The SMILES string of the molecule is Cc1ccc(O)c(C(C)(C)C)c1.Cc1ccc(O)c(C(C)(C)C)c1.Cl.Cl.[Ti]=[CH]c1ccccn1. The summed E-state index contributed by atoms with van der Waals surface area (Å²) in [7, 11) is 0. The number of phenolic OH excluding ortho intramolecular Hbond substituents is 2. The fraction of sp³-hybridized carbons (Fsp3) is 0.357. The van der Waals surface area contributed by atoms with Crippen LogP contribution in [0.4, 0.5) is 0 Å². The van der Waals surface area contributed by atoms with Gasteiger partial charge in [0, 0.05) is 0 Å². The third kappa shape index (κ3) is 12.2. The quantitative estimate of drug-likeness (QED) is 0.313. The van der Waals surface area contributed by atoms with E-state index in [4.69, 9.17) is 0 Å². The van der Waals surface area contributed by atoms with E-state index in [0.29, 0.717) is 11.5 Å². The van der Waals surface area contributed by atoms with Gasteiger partial charge in [-0.3, -0.25) is 0 Å². The molecule has 0 radical (unpaired) electrons. The van der Waals surface area contributed by atoms with Crippen molar-refractivity contribution in [2.24, 2.45) is 0 Å². The molecule has 3 nitrogen and oxygen atoms in total. The number of hydrogen-bond donors (Lipinski definition) is 2. The summed E-state index contributed by atoms with van der Waals surface area (Å²) in [5, 5.41) is 19.1. The summed E-state index contributed by atoms with van der Waals surface area (Å²) in [6.07, 6.45) is 1.79. The van der Waals surface area contributed by atoms with E-state index >= 15 is 0 Å². The predicted molar refractivity (Wildman–Crippen MR) is 147 cm³/mol. The van der Waals surface area contributed by atoms with Gasteiger partial charge in [0.1, 0.15) is 11.5 Å². The summed E-state index contributed by atoms with van der Waals surface area (Å²) in [4.78, 5) is 4.04. The van der Waals surface area contributed by atoms with E-state index in [0.717, 1.165) is 16.8 Å². The molecule has 0 aliphatic carbocycles. The molecule has 1 aromatic heterocycles. The molecule has 0 saturated carbocycles. The number of rotatable bonds is 1. The maximum absolute atomic E-state index is 9.57. The van der Waals surface area contributed by atoms with Crippen molar-refractivity contribution in [3.05, 3.63) is 88.7 Å². The molecule has 0 aliphatic heterocycles. The Balaban J connectivity index is 0. The molecule has 6 heteroatoms. The Morgan fingerprint density at radius 1 is 0.706 bits per heavy atom. The van der Waals surface area contributed by atoms with Crippen LogP contribution in [-0.4, -0.2) is 19.5 Å². The zero-order valence-corrected chi connectivity index (χ0v) is 24.7. The average Bonchev–Trinajstić information content (AvgIpc) is 2.71. The van der Waals surface area contributed by atoms with Crippen LogP contribution in [0.3, 0.4) is 0 Å². The standard InChI is InChI=1S/2C11H16O.C6H5N.2ClH.Ti/c2*1-8-5-6-10(12)9(7-8)11(2,3)4;1-6-4-2-3-5-7-6;;;/h2*5-7,12H,1-4H3;1-5H;2*1H;. The fourth-order valence-corrected chi connectivity index (χ4v) is 3.23. The Bertz CT molecular complexity index is 950. The molecular weight excluding hydrogens is 501 g/mol. The molecule has 2 aromatic carbocycles. The molecule has 0 saturated heterocycles. The summed E-state index contributed by atoms with van der Waals surface area (Å²) >= 11 is 1.97. The summed E-state index contributed by atoms with van der Waals surface area (Å²) < 4.78 is 1.97. The molecule has 0 aliphatic rings. The summed E-state index contributed by atoms with van der Waals surface area (Å²) in [6.45, 7) is 16.7. The first kappa shape index (κ1) is 34.5. The van der Waals surface area contributed by atoms with Crippen molar-refractivity contribution < 1.29 is 30.2 Å². The van der Waals surface area contributed by atoms with Gasteiger partial charge in [-0.1, -0.05) is 76.9 Å². The van der Waals surface area contributed by atoms with Gasteiger partial charge in [0.25, 0.3) is 0 Å². The number of pyridine rings is 1. The molecule has 1 heterocycles. The second kappa shape index (κ2) is 15.4. The molecule has 0 atom stereocenters. The Morgan fingerprint density at radius 2 is 1.12 bits per heavy atom. The summed E-state index contributed by atoms with van der Waals surface area (Å²) in [5.41, 5.74) is 5.50. The van der Waals surface area contributed by atoms with Crippen molar-refractivity contribution in [2.45, 2.75) is 66.2 Å². The number of hydrogen-bond acceptors (Lipinski definition) is 3. The monoisotopic (exact) mass is 539 g/mol. The molecule has 3 rings (SSSR count). The molecule has 0 spiro atoms. The predicted octanol–water partition coefficient (Wildman–Crippen LogP) is 7.62. The zero-order chi connectivity index (χ0) is 24.5. The third-order valence-electron chi connectivity index (χ3n) is 4.76. The van der Waals surface area contributed by atoms with Crippen LogP contribution in [0.2, 0.25) is 0 Å². The second-order valence-electron chi connectivity index (χ2n) is 9.94. The van der Waals surface area contributed by atoms with E-state index in [-0.39, 0.29) is 35.6 Å². The summed E-state index contributed by atoms with van der Waals surface area (Å²) in [5.74, 6) is 0.793. The molecule has 0 unspecified atom stereocenters. The van der Waals surface area contributed by atoms with E-state index in [2.05, 4.69) is 46.5 Å². The van der Waals surface area contributed by atoms with Crippen LogP contribution < -0.4 is 0 Å². The Morgan fingerprint density at radius 3 is 1.35 bits per heavy atom. The van der Waals surface area contributed by atoms with Crippen molar-refractivity contribution in [1.82, 2.24) is 4.98 Å². The fourth-order valence-electron chi connectivity index (χ4n) is 2.96. The van der Waals surface area contributed by atoms with Crippen LogP contribution in [0.5, 0.6) is 11.5 Å². The van der Waals surface area contributed by atoms with Gasteiger partial charge < -0.3 is 10.2 Å². The zero-order valence-electron chi connectivity index (χ0n) is 21.5. The first-order valence-corrected chi connectivity index (χ1v) is 11.7. The van der Waals surface area contributed by atoms with Gasteiger partial charge in [-0.25, -0.2) is 0 Å². The molecule has 2 N–H and O–H groups in total. The second-order valence-corrected chi connectivity index (χ2v) is 10.4. The molecule has 0 bridgehead atoms. The van der Waals surface area contributed by atoms with E-state index in [1.54, 1.807) is 18.3 Å². The third-order valence-corrected chi connectivity index (χ3v) is 5.22. The number of benzene rings is 2. The molecule has 34 heavy (non-hydrogen) atoms. The van der Waals surface area contributed by atoms with E-state index in [1.807, 2.05) is 80.6 Å². The van der Waals surface area contributed by atoms with E-state index < -0.39 is 0 Å². The Hall–Kier alpha value is -1.65. The van der Waals surface area contributed by atoms with Crippen LogP contribution in [0, 0.1) is 13.8 Å². The van der Waals surface area contributed by atoms with Gasteiger partial charge in [0.2, 0.25) is 0 Å². The normalized spacial score (nSPS) is 10.2. The van der Waals surface area contributed by atoms with Crippen LogP contribution in [-0.2, 0) is 30.8 Å². The Labute approximate surface area is 229 Å². The molecule has 0 amide bonds. The first-order valence-electron chi connectivity index (χ1n) is 10.8. The van der Waals surface area contributed by atoms with E-state index in [9.17, 15) is 10.2 Å². The van der Waals surface area contributed by atoms with Crippen molar-refractivity contribution in [1.29, 1.82) is 0 Å². The minimum absolute atomic E-state index is 0. The van der Waals surface area contributed by atoms with Crippen LogP contribution in [0.25, 0.3) is 0 Å². The average molecular weight is 540 g/mol. The van der Waals surface area contributed by atoms with Gasteiger partial charge in [-0.05, 0) is 47.9 Å². The minimum atomic E-state index is 0. The van der Waals surface area contributed by atoms with Crippen molar-refractivity contribution in [3.8, 4) is 11.5 Å². The van der Waals surface area contributed by atoms with Crippen molar-refractivity contribution in [2.75, 3.05) is 0 Å². The van der Waals surface area contributed by atoms with Gasteiger partial charge in [-0.2, -0.15) is 0 Å². The number of nitrogens with zero attached hydrogens (tertiary/aromatic N) is 1. The first-order chi connectivity index (χ1) is 14.8. The van der Waals surface area contributed by atoms with Gasteiger partial charge in [0.05, 0.1) is 0 Å². The van der Waals surface area contributed by atoms with E-state index in [1.165, 1.54) is 11.1 Å². The molecule has 0 fully saturated rings. The number of aromatic hydroxyl groups is 2.